The molecule has 0 aromatic carbocycles. The summed E-state index contributed by atoms with van der Waals surface area (Å²) in [7, 11) is 0. The number of nitrogens with one attached hydrogen (secondary N) is 2. The van der Waals surface area contributed by atoms with Crippen molar-refractivity contribution >= 4 is 23.8 Å². The summed E-state index contributed by atoms with van der Waals surface area (Å²) in [5, 5.41) is 14.4. The van der Waals surface area contributed by atoms with Gasteiger partial charge in [-0.3, -0.25) is 0 Å². The molecule has 2 amide bonds. The lowest BCUT2D eigenvalue weighted by Gasteiger charge is -2.23. The molecule has 3 N–H and O–H groups in total. The second kappa shape index (κ2) is 9.95. The number of carbonyl (C=O) groups is 2. The van der Waals surface area contributed by atoms with E-state index in [1.54, 1.807) is 11.8 Å². The molecule has 0 aliphatic rings. The minimum atomic E-state index is -0.987. The third-order valence-electron chi connectivity index (χ3n) is 3.33. The number of thioether (sulfide) groups is 1. The van der Waals surface area contributed by atoms with Crippen LogP contribution in [0.3, 0.4) is 0 Å². The Bertz CT molecular complexity index is 283. The lowest BCUT2D eigenvalue weighted by Crippen LogP contribution is -2.50. The van der Waals surface area contributed by atoms with Crippen LogP contribution in [0.15, 0.2) is 0 Å². The van der Waals surface area contributed by atoms with Crippen LogP contribution in [0.1, 0.15) is 40.0 Å². The van der Waals surface area contributed by atoms with Crippen LogP contribution in [0, 0.1) is 5.92 Å². The Hall–Kier alpha value is -0.910. The summed E-state index contributed by atoms with van der Waals surface area (Å²) < 4.78 is 0. The summed E-state index contributed by atoms with van der Waals surface area (Å²) in [6.07, 6.45) is 4.33. The molecular weight excluding hydrogens is 264 g/mol. The molecule has 2 atom stereocenters. The van der Waals surface area contributed by atoms with Gasteiger partial charge in [-0.05, 0) is 31.3 Å². The summed E-state index contributed by atoms with van der Waals surface area (Å²) >= 11 is 1.57. The highest BCUT2D eigenvalue weighted by molar-refractivity contribution is 7.98. The lowest BCUT2D eigenvalue weighted by molar-refractivity contribution is -0.139. The maximum atomic E-state index is 11.8. The Labute approximate surface area is 119 Å². The highest BCUT2D eigenvalue weighted by Gasteiger charge is 2.21. The third-order valence-corrected chi connectivity index (χ3v) is 3.97. The van der Waals surface area contributed by atoms with Gasteiger partial charge < -0.3 is 15.7 Å². The summed E-state index contributed by atoms with van der Waals surface area (Å²) in [4.78, 5) is 22.8. The van der Waals surface area contributed by atoms with Gasteiger partial charge in [0.2, 0.25) is 0 Å². The van der Waals surface area contributed by atoms with Crippen molar-refractivity contribution in [2.75, 3.05) is 12.0 Å². The smallest absolute Gasteiger partial charge is 0.326 e. The predicted molar refractivity (Wildman–Crippen MR) is 79.6 cm³/mol. The minimum Gasteiger partial charge on any atom is -0.480 e. The monoisotopic (exact) mass is 290 g/mol. The molecule has 0 bridgehead atoms. The van der Waals surface area contributed by atoms with Gasteiger partial charge in [0.05, 0.1) is 0 Å². The van der Waals surface area contributed by atoms with Gasteiger partial charge in [-0.1, -0.05) is 26.7 Å². The van der Waals surface area contributed by atoms with Crippen molar-refractivity contribution in [2.45, 2.75) is 52.1 Å². The van der Waals surface area contributed by atoms with E-state index in [9.17, 15) is 9.59 Å². The SMILES string of the molecule is CCC(CC)C(C)NC(=O)N[C@H](CCSC)C(=O)O. The fourth-order valence-corrected chi connectivity index (χ4v) is 2.48. The number of carboxylic acid groups (broad SMARTS) is 1. The number of carbonyl (C=O) groups excluding carboxylic acids is 1. The number of amides is 2. The maximum absolute atomic E-state index is 11.8. The van der Waals surface area contributed by atoms with Gasteiger partial charge in [-0.2, -0.15) is 11.8 Å². The Kier molecular flexibility index (Phi) is 9.47. The first-order valence-corrected chi connectivity index (χ1v) is 8.14. The van der Waals surface area contributed by atoms with E-state index in [0.29, 0.717) is 18.1 Å². The molecule has 0 heterocycles. The topological polar surface area (TPSA) is 78.4 Å². The van der Waals surface area contributed by atoms with Gasteiger partial charge in [-0.15, -0.1) is 0 Å². The van der Waals surface area contributed by atoms with Crippen LogP contribution in [0.4, 0.5) is 4.79 Å². The van der Waals surface area contributed by atoms with Gasteiger partial charge in [0, 0.05) is 6.04 Å². The van der Waals surface area contributed by atoms with Gasteiger partial charge in [0.1, 0.15) is 6.04 Å². The summed E-state index contributed by atoms with van der Waals surface area (Å²) in [6.45, 7) is 6.13. The third kappa shape index (κ3) is 7.30. The lowest BCUT2D eigenvalue weighted by atomic mass is 9.96. The highest BCUT2D eigenvalue weighted by atomic mass is 32.2. The molecule has 0 radical (unpaired) electrons. The van der Waals surface area contributed by atoms with E-state index in [4.69, 9.17) is 5.11 Å². The van der Waals surface area contributed by atoms with Crippen molar-refractivity contribution in [2.24, 2.45) is 5.92 Å². The zero-order valence-corrected chi connectivity index (χ0v) is 13.0. The molecule has 6 heteroatoms. The van der Waals surface area contributed by atoms with Crippen LogP contribution in [0.25, 0.3) is 0 Å². The summed E-state index contributed by atoms with van der Waals surface area (Å²) in [6, 6.07) is -1.17. The molecule has 0 aromatic heterocycles. The first-order chi connectivity index (χ1) is 8.96. The molecule has 0 fully saturated rings. The Balaban J connectivity index is 4.29. The van der Waals surface area contributed by atoms with E-state index in [1.807, 2.05) is 13.2 Å². The number of hydrogen-bond acceptors (Lipinski definition) is 3. The van der Waals surface area contributed by atoms with Crippen molar-refractivity contribution in [1.29, 1.82) is 0 Å². The number of urea groups is 1. The second-order valence-electron chi connectivity index (χ2n) is 4.66. The minimum absolute atomic E-state index is 0.0463. The second-order valence-corrected chi connectivity index (χ2v) is 5.64. The molecule has 0 saturated heterocycles. The van der Waals surface area contributed by atoms with Crippen LogP contribution in [-0.4, -0.2) is 41.2 Å². The molecule has 0 aliphatic carbocycles. The summed E-state index contributed by atoms with van der Waals surface area (Å²) in [5.41, 5.74) is 0. The highest BCUT2D eigenvalue weighted by Crippen LogP contribution is 2.12. The van der Waals surface area contributed by atoms with Crippen molar-refractivity contribution in [1.82, 2.24) is 10.6 Å². The van der Waals surface area contributed by atoms with Gasteiger partial charge in [0.15, 0.2) is 0 Å². The molecule has 19 heavy (non-hydrogen) atoms. The van der Waals surface area contributed by atoms with Crippen molar-refractivity contribution in [3.05, 3.63) is 0 Å². The Morgan fingerprint density at radius 3 is 2.21 bits per heavy atom. The van der Waals surface area contributed by atoms with E-state index >= 15 is 0 Å². The first kappa shape index (κ1) is 18.1. The molecule has 0 aliphatic heterocycles. The van der Waals surface area contributed by atoms with E-state index < -0.39 is 18.0 Å². The molecule has 0 aromatic rings. The maximum Gasteiger partial charge on any atom is 0.326 e. The molecule has 0 rings (SSSR count). The Morgan fingerprint density at radius 1 is 1.21 bits per heavy atom. The average molecular weight is 290 g/mol. The molecule has 0 spiro atoms. The van der Waals surface area contributed by atoms with E-state index in [1.165, 1.54) is 0 Å². The number of rotatable bonds is 9. The number of aliphatic carboxylic acids is 1. The van der Waals surface area contributed by atoms with Crippen LogP contribution in [0.2, 0.25) is 0 Å². The molecule has 1 unspecified atom stereocenters. The van der Waals surface area contributed by atoms with Crippen LogP contribution >= 0.6 is 11.8 Å². The van der Waals surface area contributed by atoms with E-state index in [0.717, 1.165) is 12.8 Å². The van der Waals surface area contributed by atoms with Crippen molar-refractivity contribution < 1.29 is 14.7 Å². The first-order valence-electron chi connectivity index (χ1n) is 6.74. The van der Waals surface area contributed by atoms with Crippen molar-refractivity contribution in [3.63, 3.8) is 0 Å². The number of carboxylic acids is 1. The van der Waals surface area contributed by atoms with Crippen LogP contribution in [-0.2, 0) is 4.79 Å². The number of hydrogen-bond donors (Lipinski definition) is 3. The van der Waals surface area contributed by atoms with Gasteiger partial charge >= 0.3 is 12.0 Å². The molecule has 112 valence electrons. The average Bonchev–Trinajstić information content (AvgIpc) is 2.35. The molecule has 5 nitrogen and oxygen atoms in total. The largest absolute Gasteiger partial charge is 0.480 e. The predicted octanol–water partition coefficient (Wildman–Crippen LogP) is 2.32. The van der Waals surface area contributed by atoms with E-state index in [2.05, 4.69) is 24.5 Å². The normalized spacial score (nSPS) is 13.9. The van der Waals surface area contributed by atoms with Crippen LogP contribution < -0.4 is 10.6 Å². The zero-order chi connectivity index (χ0) is 14.8. The fourth-order valence-electron chi connectivity index (χ4n) is 2.01. The zero-order valence-electron chi connectivity index (χ0n) is 12.2. The Morgan fingerprint density at radius 2 is 1.79 bits per heavy atom. The molecular formula is C13H26N2O3S. The van der Waals surface area contributed by atoms with E-state index in [-0.39, 0.29) is 6.04 Å². The van der Waals surface area contributed by atoms with Crippen LogP contribution in [0.5, 0.6) is 0 Å². The van der Waals surface area contributed by atoms with Gasteiger partial charge in [-0.25, -0.2) is 9.59 Å². The standard InChI is InChI=1S/C13H26N2O3S/c1-5-10(6-2)9(3)14-13(18)15-11(12(16)17)7-8-19-4/h9-11H,5-8H2,1-4H3,(H,16,17)(H2,14,15,18)/t9?,11-/m1/s1. The quantitative estimate of drug-likeness (QED) is 0.609. The van der Waals surface area contributed by atoms with Crippen molar-refractivity contribution in [3.8, 4) is 0 Å². The van der Waals surface area contributed by atoms with Gasteiger partial charge in [0.25, 0.3) is 0 Å². The molecule has 0 saturated carbocycles. The fraction of sp³-hybridized carbons (Fsp3) is 0.846. The summed E-state index contributed by atoms with van der Waals surface area (Å²) in [5.74, 6) is 0.138.